The van der Waals surface area contributed by atoms with Gasteiger partial charge < -0.3 is 5.73 Å². The van der Waals surface area contributed by atoms with Crippen LogP contribution in [0.15, 0.2) is 0 Å². The average molecular weight is 292 g/mol. The minimum Gasteiger partial charge on any atom is -0.328 e. The van der Waals surface area contributed by atoms with Gasteiger partial charge in [-0.2, -0.15) is 0 Å². The van der Waals surface area contributed by atoms with E-state index in [9.17, 15) is 9.59 Å². The van der Waals surface area contributed by atoms with Gasteiger partial charge in [0.15, 0.2) is 0 Å². The van der Waals surface area contributed by atoms with E-state index in [4.69, 9.17) is 5.73 Å². The van der Waals surface area contributed by atoms with E-state index < -0.39 is 0 Å². The van der Waals surface area contributed by atoms with E-state index in [0.29, 0.717) is 18.4 Å². The lowest BCUT2D eigenvalue weighted by atomic mass is 9.83. The molecule has 2 aliphatic carbocycles. The lowest BCUT2D eigenvalue weighted by Gasteiger charge is -2.35. The molecule has 2 saturated carbocycles. The van der Waals surface area contributed by atoms with Crippen LogP contribution < -0.4 is 5.73 Å². The van der Waals surface area contributed by atoms with Crippen molar-refractivity contribution in [2.24, 2.45) is 29.4 Å². The van der Waals surface area contributed by atoms with Crippen molar-refractivity contribution < 1.29 is 9.59 Å². The van der Waals surface area contributed by atoms with Crippen molar-refractivity contribution in [2.75, 3.05) is 6.54 Å². The van der Waals surface area contributed by atoms with Gasteiger partial charge in [0.1, 0.15) is 0 Å². The van der Waals surface area contributed by atoms with Crippen LogP contribution in [0.25, 0.3) is 0 Å². The molecule has 3 aliphatic rings. The number of fused-ring (bicyclic) bond motifs is 1. The first-order valence-corrected chi connectivity index (χ1v) is 8.74. The predicted octanol–water partition coefficient (Wildman–Crippen LogP) is 2.32. The van der Waals surface area contributed by atoms with Gasteiger partial charge in [0, 0.05) is 6.54 Å². The van der Waals surface area contributed by atoms with E-state index in [-0.39, 0.29) is 29.7 Å². The summed E-state index contributed by atoms with van der Waals surface area (Å²) < 4.78 is 0. The molecule has 0 bridgehead atoms. The number of likely N-dealkylation sites (tertiary alicyclic amines) is 1. The van der Waals surface area contributed by atoms with Gasteiger partial charge in [-0.3, -0.25) is 14.5 Å². The molecule has 4 heteroatoms. The van der Waals surface area contributed by atoms with E-state index in [2.05, 4.69) is 6.92 Å². The SMILES string of the molecule is CCC1CC2C(=O)N(C(CN)C3CCCCC3)C(=O)C2C1. The molecular formula is C17H28N2O2. The van der Waals surface area contributed by atoms with Crippen molar-refractivity contribution in [3.63, 3.8) is 0 Å². The number of carbonyl (C=O) groups is 2. The molecule has 0 aromatic rings. The van der Waals surface area contributed by atoms with Crippen molar-refractivity contribution in [3.8, 4) is 0 Å². The second-order valence-corrected chi connectivity index (χ2v) is 7.21. The minimum absolute atomic E-state index is 0.0416. The normalized spacial score (nSPS) is 35.3. The zero-order valence-electron chi connectivity index (χ0n) is 13.1. The minimum atomic E-state index is -0.0454. The maximum atomic E-state index is 12.8. The summed E-state index contributed by atoms with van der Waals surface area (Å²) in [5.41, 5.74) is 5.97. The Morgan fingerprint density at radius 1 is 1.10 bits per heavy atom. The molecule has 0 aromatic carbocycles. The highest BCUT2D eigenvalue weighted by Crippen LogP contribution is 2.46. The Hall–Kier alpha value is -0.900. The molecule has 118 valence electrons. The molecule has 3 atom stereocenters. The van der Waals surface area contributed by atoms with Gasteiger partial charge in [-0.1, -0.05) is 32.6 Å². The van der Waals surface area contributed by atoms with E-state index in [1.54, 1.807) is 4.90 Å². The number of hydrogen-bond donors (Lipinski definition) is 1. The van der Waals surface area contributed by atoms with Crippen LogP contribution in [0, 0.1) is 23.7 Å². The van der Waals surface area contributed by atoms with Crippen LogP contribution in [0.3, 0.4) is 0 Å². The molecule has 1 aliphatic heterocycles. The molecule has 2 amide bonds. The summed E-state index contributed by atoms with van der Waals surface area (Å²) in [7, 11) is 0. The molecule has 3 unspecified atom stereocenters. The Labute approximate surface area is 127 Å². The fourth-order valence-corrected chi connectivity index (χ4v) is 4.84. The smallest absolute Gasteiger partial charge is 0.233 e. The molecule has 21 heavy (non-hydrogen) atoms. The Bertz CT molecular complexity index is 393. The first-order valence-electron chi connectivity index (χ1n) is 8.74. The van der Waals surface area contributed by atoms with Crippen molar-refractivity contribution >= 4 is 11.8 Å². The van der Waals surface area contributed by atoms with E-state index in [1.165, 1.54) is 19.3 Å². The number of carbonyl (C=O) groups excluding carboxylic acids is 2. The molecule has 0 radical (unpaired) electrons. The van der Waals surface area contributed by atoms with Crippen molar-refractivity contribution in [3.05, 3.63) is 0 Å². The molecule has 4 nitrogen and oxygen atoms in total. The third-order valence-corrected chi connectivity index (χ3v) is 6.11. The van der Waals surface area contributed by atoms with Crippen LogP contribution in [-0.4, -0.2) is 29.3 Å². The maximum Gasteiger partial charge on any atom is 0.233 e. The summed E-state index contributed by atoms with van der Waals surface area (Å²) in [5.74, 6) is 1.07. The molecule has 2 N–H and O–H groups in total. The fourth-order valence-electron chi connectivity index (χ4n) is 4.84. The lowest BCUT2D eigenvalue weighted by Crippen LogP contribution is -2.50. The Kier molecular flexibility index (Phi) is 4.34. The summed E-state index contributed by atoms with van der Waals surface area (Å²) in [6.07, 6.45) is 8.83. The number of hydrogen-bond acceptors (Lipinski definition) is 3. The van der Waals surface area contributed by atoms with E-state index in [0.717, 1.165) is 32.1 Å². The quantitative estimate of drug-likeness (QED) is 0.809. The summed E-state index contributed by atoms with van der Waals surface area (Å²) in [5, 5.41) is 0. The average Bonchev–Trinajstić information content (AvgIpc) is 3.04. The number of amides is 2. The first-order chi connectivity index (χ1) is 10.2. The number of rotatable bonds is 4. The zero-order chi connectivity index (χ0) is 15.0. The Balaban J connectivity index is 1.76. The van der Waals surface area contributed by atoms with Crippen LogP contribution in [0.4, 0.5) is 0 Å². The van der Waals surface area contributed by atoms with Crippen molar-refractivity contribution in [1.29, 1.82) is 0 Å². The second-order valence-electron chi connectivity index (χ2n) is 7.21. The van der Waals surface area contributed by atoms with Gasteiger partial charge in [-0.25, -0.2) is 0 Å². The second kappa shape index (κ2) is 6.07. The summed E-state index contributed by atoms with van der Waals surface area (Å²) in [6, 6.07) is -0.0454. The van der Waals surface area contributed by atoms with Gasteiger partial charge in [-0.15, -0.1) is 0 Å². The largest absolute Gasteiger partial charge is 0.328 e. The summed E-state index contributed by atoms with van der Waals surface area (Å²) in [6.45, 7) is 2.59. The molecule has 0 spiro atoms. The monoisotopic (exact) mass is 292 g/mol. The van der Waals surface area contributed by atoms with Crippen LogP contribution >= 0.6 is 0 Å². The van der Waals surface area contributed by atoms with Gasteiger partial charge >= 0.3 is 0 Å². The highest BCUT2D eigenvalue weighted by Gasteiger charge is 2.54. The van der Waals surface area contributed by atoms with Crippen LogP contribution in [0.1, 0.15) is 58.3 Å². The van der Waals surface area contributed by atoms with Gasteiger partial charge in [0.2, 0.25) is 11.8 Å². The number of imide groups is 1. The third-order valence-electron chi connectivity index (χ3n) is 6.11. The van der Waals surface area contributed by atoms with E-state index in [1.807, 2.05) is 0 Å². The fraction of sp³-hybridized carbons (Fsp3) is 0.882. The van der Waals surface area contributed by atoms with Crippen molar-refractivity contribution in [1.82, 2.24) is 4.90 Å². The Morgan fingerprint density at radius 2 is 1.67 bits per heavy atom. The predicted molar refractivity (Wildman–Crippen MR) is 81.3 cm³/mol. The van der Waals surface area contributed by atoms with Crippen molar-refractivity contribution in [2.45, 2.75) is 64.3 Å². The van der Waals surface area contributed by atoms with Crippen LogP contribution in [0.2, 0.25) is 0 Å². The highest BCUT2D eigenvalue weighted by molar-refractivity contribution is 6.05. The van der Waals surface area contributed by atoms with Gasteiger partial charge in [0.05, 0.1) is 17.9 Å². The molecule has 0 aromatic heterocycles. The van der Waals surface area contributed by atoms with E-state index >= 15 is 0 Å². The number of nitrogens with zero attached hydrogens (tertiary/aromatic N) is 1. The highest BCUT2D eigenvalue weighted by atomic mass is 16.2. The molecule has 3 fully saturated rings. The zero-order valence-corrected chi connectivity index (χ0v) is 13.1. The molecule has 3 rings (SSSR count). The molecule has 1 heterocycles. The maximum absolute atomic E-state index is 12.8. The van der Waals surface area contributed by atoms with Gasteiger partial charge in [0.25, 0.3) is 0 Å². The third kappa shape index (κ3) is 2.52. The summed E-state index contributed by atoms with van der Waals surface area (Å²) in [4.78, 5) is 27.1. The Morgan fingerprint density at radius 3 is 2.14 bits per heavy atom. The standard InChI is InChI=1S/C17H28N2O2/c1-2-11-8-13-14(9-11)17(21)19(16(13)20)15(10-18)12-6-4-3-5-7-12/h11-15H,2-10,18H2,1H3. The van der Waals surface area contributed by atoms with Crippen LogP contribution in [0.5, 0.6) is 0 Å². The van der Waals surface area contributed by atoms with Gasteiger partial charge in [-0.05, 0) is 37.5 Å². The topological polar surface area (TPSA) is 63.4 Å². The first kappa shape index (κ1) is 15.0. The summed E-state index contributed by atoms with van der Waals surface area (Å²) >= 11 is 0. The lowest BCUT2D eigenvalue weighted by molar-refractivity contribution is -0.144. The van der Waals surface area contributed by atoms with Crippen LogP contribution in [-0.2, 0) is 9.59 Å². The number of nitrogens with two attached hydrogens (primary N) is 1. The molecular weight excluding hydrogens is 264 g/mol. The molecule has 1 saturated heterocycles.